The molecule has 6 nitrogen and oxygen atoms in total. The number of hydrogen-bond donors (Lipinski definition) is 2. The van der Waals surface area contributed by atoms with Crippen molar-refractivity contribution in [3.05, 3.63) is 57.6 Å². The van der Waals surface area contributed by atoms with Crippen molar-refractivity contribution in [2.24, 2.45) is 5.14 Å². The van der Waals surface area contributed by atoms with E-state index in [2.05, 4.69) is 12.2 Å². The molecule has 9 heteroatoms. The van der Waals surface area contributed by atoms with Crippen molar-refractivity contribution in [3.8, 4) is 5.75 Å². The Morgan fingerprint density at radius 3 is 2.27 bits per heavy atom. The Kier molecular flexibility index (Phi) is 9.42. The molecule has 0 spiro atoms. The number of primary sulfonamides is 1. The minimum Gasteiger partial charge on any atom is -0.490 e. The van der Waals surface area contributed by atoms with Crippen molar-refractivity contribution >= 4 is 39.1 Å². The average molecular weight is 473 g/mol. The molecule has 1 amide bonds. The Bertz CT molecular complexity index is 940. The fourth-order valence-corrected chi connectivity index (χ4v) is 3.91. The predicted molar refractivity (Wildman–Crippen MR) is 120 cm³/mol. The summed E-state index contributed by atoms with van der Waals surface area (Å²) in [5, 5.41) is 8.46. The van der Waals surface area contributed by atoms with Crippen LogP contribution in [0, 0.1) is 0 Å². The van der Waals surface area contributed by atoms with Crippen LogP contribution in [0.4, 0.5) is 0 Å². The summed E-state index contributed by atoms with van der Waals surface area (Å²) in [6.45, 7) is 3.02. The molecule has 0 fully saturated rings. The number of nitrogens with one attached hydrogen (secondary N) is 1. The third kappa shape index (κ3) is 7.47. The van der Waals surface area contributed by atoms with E-state index in [0.29, 0.717) is 40.9 Å². The summed E-state index contributed by atoms with van der Waals surface area (Å²) in [4.78, 5) is 12.5. The van der Waals surface area contributed by atoms with Gasteiger partial charge in [0.2, 0.25) is 10.0 Å². The van der Waals surface area contributed by atoms with Gasteiger partial charge in [-0.1, -0.05) is 61.5 Å². The number of rotatable bonds is 11. The number of hydrogen-bond acceptors (Lipinski definition) is 4. The summed E-state index contributed by atoms with van der Waals surface area (Å²) >= 11 is 12.5. The molecule has 2 aromatic rings. The molecule has 0 atom stereocenters. The molecule has 0 aromatic heterocycles. The maximum atomic E-state index is 12.4. The third-order valence-corrected chi connectivity index (χ3v) is 5.95. The van der Waals surface area contributed by atoms with E-state index < -0.39 is 10.0 Å². The molecule has 3 N–H and O–H groups in total. The Morgan fingerprint density at radius 2 is 1.70 bits per heavy atom. The van der Waals surface area contributed by atoms with Gasteiger partial charge in [0.15, 0.2) is 5.75 Å². The van der Waals surface area contributed by atoms with Gasteiger partial charge in [0.1, 0.15) is 0 Å². The second kappa shape index (κ2) is 11.6. The smallest absolute Gasteiger partial charge is 0.251 e. The number of ether oxygens (including phenoxy) is 1. The predicted octanol–water partition coefficient (Wildman–Crippen LogP) is 4.57. The first kappa shape index (κ1) is 24.5. The zero-order valence-electron chi connectivity index (χ0n) is 16.8. The maximum absolute atomic E-state index is 12.4. The highest BCUT2D eigenvalue weighted by atomic mass is 35.5. The molecule has 30 heavy (non-hydrogen) atoms. The lowest BCUT2D eigenvalue weighted by atomic mass is 10.1. The number of amides is 1. The maximum Gasteiger partial charge on any atom is 0.251 e. The topological polar surface area (TPSA) is 98.5 Å². The fraction of sp³-hybridized carbons (Fsp3) is 0.381. The number of carbonyl (C=O) groups excluding carboxylic acids is 1. The largest absolute Gasteiger partial charge is 0.490 e. The summed E-state index contributed by atoms with van der Waals surface area (Å²) in [5.41, 5.74) is 1.21. The van der Waals surface area contributed by atoms with Crippen LogP contribution in [0.2, 0.25) is 10.0 Å². The van der Waals surface area contributed by atoms with Gasteiger partial charge in [0.25, 0.3) is 5.91 Å². The standard InChI is InChI=1S/C21H26Cl2N2O4S/c1-2-3-4-5-12-29-20-18(22)13-16(14-19(20)23)21(26)25-11-10-15-6-8-17(9-7-15)30(24,27)28/h6-9,13-14H,2-5,10-12H2,1H3,(H,25,26)(H2,24,27,28). The van der Waals surface area contributed by atoms with Crippen molar-refractivity contribution < 1.29 is 17.9 Å². The summed E-state index contributed by atoms with van der Waals surface area (Å²) in [6.07, 6.45) is 4.82. The lowest BCUT2D eigenvalue weighted by Gasteiger charge is -2.12. The summed E-state index contributed by atoms with van der Waals surface area (Å²) in [6, 6.07) is 9.26. The van der Waals surface area contributed by atoms with Crippen LogP contribution in [0.25, 0.3) is 0 Å². The summed E-state index contributed by atoms with van der Waals surface area (Å²) in [5.74, 6) is 0.0794. The highest BCUT2D eigenvalue weighted by Crippen LogP contribution is 2.34. The second-order valence-corrected chi connectivity index (χ2v) is 9.25. The average Bonchev–Trinajstić information content (AvgIpc) is 2.69. The van der Waals surface area contributed by atoms with Crippen LogP contribution in [-0.4, -0.2) is 27.5 Å². The van der Waals surface area contributed by atoms with Crippen LogP contribution >= 0.6 is 23.2 Å². The summed E-state index contributed by atoms with van der Waals surface area (Å²) < 4.78 is 28.2. The Morgan fingerprint density at radius 1 is 1.07 bits per heavy atom. The van der Waals surface area contributed by atoms with Crippen molar-refractivity contribution in [1.82, 2.24) is 5.32 Å². The third-order valence-electron chi connectivity index (χ3n) is 4.46. The normalized spacial score (nSPS) is 11.3. The second-order valence-electron chi connectivity index (χ2n) is 6.87. The molecule has 0 aliphatic rings. The van der Waals surface area contributed by atoms with Gasteiger partial charge in [0.05, 0.1) is 21.5 Å². The van der Waals surface area contributed by atoms with Crippen molar-refractivity contribution in [1.29, 1.82) is 0 Å². The lowest BCUT2D eigenvalue weighted by Crippen LogP contribution is -2.25. The molecular formula is C21H26Cl2N2O4S. The summed E-state index contributed by atoms with van der Waals surface area (Å²) in [7, 11) is -3.72. The van der Waals surface area contributed by atoms with E-state index in [1.54, 1.807) is 12.1 Å². The molecule has 0 heterocycles. The van der Waals surface area contributed by atoms with E-state index in [1.807, 2.05) is 0 Å². The monoisotopic (exact) mass is 472 g/mol. The minimum atomic E-state index is -3.72. The van der Waals surface area contributed by atoms with E-state index in [1.165, 1.54) is 24.3 Å². The molecule has 0 aliphatic carbocycles. The Labute approximate surface area is 187 Å². The van der Waals surface area contributed by atoms with Gasteiger partial charge < -0.3 is 10.1 Å². The molecule has 164 valence electrons. The molecular weight excluding hydrogens is 447 g/mol. The van der Waals surface area contributed by atoms with Gasteiger partial charge in [-0.05, 0) is 42.7 Å². The van der Waals surface area contributed by atoms with E-state index in [0.717, 1.165) is 31.2 Å². The van der Waals surface area contributed by atoms with Crippen molar-refractivity contribution in [3.63, 3.8) is 0 Å². The first-order valence-corrected chi connectivity index (χ1v) is 12.0. The molecule has 0 bridgehead atoms. The lowest BCUT2D eigenvalue weighted by molar-refractivity contribution is 0.0954. The zero-order chi connectivity index (χ0) is 22.1. The van der Waals surface area contributed by atoms with Crippen LogP contribution < -0.4 is 15.2 Å². The van der Waals surface area contributed by atoms with E-state index in [-0.39, 0.29) is 10.8 Å². The molecule has 2 aromatic carbocycles. The molecule has 0 radical (unpaired) electrons. The van der Waals surface area contributed by atoms with Gasteiger partial charge in [-0.2, -0.15) is 0 Å². The molecule has 0 saturated heterocycles. The van der Waals surface area contributed by atoms with Crippen LogP contribution in [0.15, 0.2) is 41.3 Å². The highest BCUT2D eigenvalue weighted by molar-refractivity contribution is 7.89. The first-order valence-electron chi connectivity index (χ1n) is 9.74. The Balaban J connectivity index is 1.89. The van der Waals surface area contributed by atoms with Crippen LogP contribution in [0.3, 0.4) is 0 Å². The molecule has 2 rings (SSSR count). The highest BCUT2D eigenvalue weighted by Gasteiger charge is 2.14. The van der Waals surface area contributed by atoms with Crippen molar-refractivity contribution in [2.45, 2.75) is 43.9 Å². The van der Waals surface area contributed by atoms with Crippen LogP contribution in [-0.2, 0) is 16.4 Å². The van der Waals surface area contributed by atoms with Crippen molar-refractivity contribution in [2.75, 3.05) is 13.2 Å². The molecule has 0 unspecified atom stereocenters. The fourth-order valence-electron chi connectivity index (χ4n) is 2.80. The van der Waals surface area contributed by atoms with E-state index in [9.17, 15) is 13.2 Å². The number of carbonyl (C=O) groups is 1. The van der Waals surface area contributed by atoms with Gasteiger partial charge in [-0.3, -0.25) is 4.79 Å². The van der Waals surface area contributed by atoms with Gasteiger partial charge >= 0.3 is 0 Å². The number of halogens is 2. The van der Waals surface area contributed by atoms with Crippen LogP contribution in [0.5, 0.6) is 5.75 Å². The van der Waals surface area contributed by atoms with E-state index >= 15 is 0 Å². The Hall–Kier alpha value is -1.80. The number of nitrogens with two attached hydrogens (primary N) is 1. The van der Waals surface area contributed by atoms with E-state index in [4.69, 9.17) is 33.1 Å². The van der Waals surface area contributed by atoms with Crippen LogP contribution in [0.1, 0.15) is 48.5 Å². The van der Waals surface area contributed by atoms with Gasteiger partial charge in [0, 0.05) is 12.1 Å². The van der Waals surface area contributed by atoms with Gasteiger partial charge in [-0.25, -0.2) is 13.6 Å². The number of sulfonamides is 1. The molecule has 0 aliphatic heterocycles. The van der Waals surface area contributed by atoms with Gasteiger partial charge in [-0.15, -0.1) is 0 Å². The minimum absolute atomic E-state index is 0.0484. The zero-order valence-corrected chi connectivity index (χ0v) is 19.1. The number of benzene rings is 2. The SMILES string of the molecule is CCCCCCOc1c(Cl)cc(C(=O)NCCc2ccc(S(N)(=O)=O)cc2)cc1Cl. The molecule has 0 saturated carbocycles. The number of unbranched alkanes of at least 4 members (excludes halogenated alkanes) is 3. The first-order chi connectivity index (χ1) is 14.2. The quantitative estimate of drug-likeness (QED) is 0.467.